The molecule has 0 bridgehead atoms. The number of para-hydroxylation sites is 1. The molecule has 2 rings (SSSR count). The molecule has 4 heteroatoms. The number of aryl methyl sites for hydroxylation is 1. The van der Waals surface area contributed by atoms with E-state index in [9.17, 15) is 0 Å². The van der Waals surface area contributed by atoms with Gasteiger partial charge in [-0.15, -0.1) is 11.3 Å². The van der Waals surface area contributed by atoms with Crippen LogP contribution in [0, 0.1) is 0 Å². The van der Waals surface area contributed by atoms with Crippen LogP contribution >= 0.6 is 11.3 Å². The molecule has 1 aromatic heterocycles. The molecule has 0 saturated heterocycles. The van der Waals surface area contributed by atoms with Crippen molar-refractivity contribution in [3.63, 3.8) is 0 Å². The molecule has 96 valence electrons. The predicted molar refractivity (Wildman–Crippen MR) is 76.1 cm³/mol. The van der Waals surface area contributed by atoms with Gasteiger partial charge < -0.3 is 10.5 Å². The first kappa shape index (κ1) is 13.1. The Bertz CT molecular complexity index is 508. The predicted octanol–water partition coefficient (Wildman–Crippen LogP) is 3.10. The lowest BCUT2D eigenvalue weighted by atomic mass is 10.1. The van der Waals surface area contributed by atoms with Crippen molar-refractivity contribution in [2.75, 3.05) is 7.11 Å². The second kappa shape index (κ2) is 5.98. The summed E-state index contributed by atoms with van der Waals surface area (Å²) in [5.41, 5.74) is 7.92. The van der Waals surface area contributed by atoms with Gasteiger partial charge in [-0.05, 0) is 31.9 Å². The van der Waals surface area contributed by atoms with Crippen LogP contribution in [0.2, 0.25) is 0 Å². The minimum absolute atomic E-state index is 0.224. The summed E-state index contributed by atoms with van der Waals surface area (Å²) < 4.78 is 5.35. The Labute approximate surface area is 112 Å². The molecule has 0 saturated carbocycles. The number of hydrogen-bond acceptors (Lipinski definition) is 4. The molecule has 0 fully saturated rings. The molecule has 1 aromatic carbocycles. The van der Waals surface area contributed by atoms with E-state index in [2.05, 4.69) is 10.4 Å². The van der Waals surface area contributed by atoms with E-state index in [1.165, 1.54) is 0 Å². The van der Waals surface area contributed by atoms with Crippen LogP contribution in [0.15, 0.2) is 29.6 Å². The number of hydrogen-bond donors (Lipinski definition) is 1. The lowest BCUT2D eigenvalue weighted by Crippen LogP contribution is -2.15. The number of aromatic nitrogens is 1. The summed E-state index contributed by atoms with van der Waals surface area (Å²) in [6.07, 6.45) is 1.90. The third kappa shape index (κ3) is 3.09. The fraction of sp³-hybridized carbons (Fsp3) is 0.357. The summed E-state index contributed by atoms with van der Waals surface area (Å²) >= 11 is 1.65. The molecule has 1 heterocycles. The molecular weight excluding hydrogens is 244 g/mol. The minimum Gasteiger partial charge on any atom is -0.496 e. The zero-order valence-corrected chi connectivity index (χ0v) is 11.5. The Hall–Kier alpha value is -1.39. The van der Waals surface area contributed by atoms with Crippen LogP contribution in [0.3, 0.4) is 0 Å². The van der Waals surface area contributed by atoms with Gasteiger partial charge in [-0.1, -0.05) is 12.1 Å². The molecule has 0 amide bonds. The fourth-order valence-corrected chi connectivity index (χ4v) is 2.63. The summed E-state index contributed by atoms with van der Waals surface area (Å²) in [7, 11) is 1.68. The molecule has 2 N–H and O–H groups in total. The van der Waals surface area contributed by atoms with Crippen molar-refractivity contribution in [1.82, 2.24) is 4.98 Å². The summed E-state index contributed by atoms with van der Waals surface area (Å²) in [6.45, 7) is 2.02. The fourth-order valence-electron chi connectivity index (χ4n) is 1.74. The number of nitrogens with zero attached hydrogens (tertiary/aromatic N) is 1. The maximum Gasteiger partial charge on any atom is 0.129 e. The molecule has 18 heavy (non-hydrogen) atoms. The van der Waals surface area contributed by atoms with E-state index in [0.29, 0.717) is 0 Å². The zero-order chi connectivity index (χ0) is 13.0. The molecule has 0 aliphatic rings. The summed E-state index contributed by atoms with van der Waals surface area (Å²) in [6, 6.07) is 8.18. The lowest BCUT2D eigenvalue weighted by molar-refractivity contribution is 0.416. The first-order chi connectivity index (χ1) is 8.70. The Morgan fingerprint density at radius 3 is 2.89 bits per heavy atom. The van der Waals surface area contributed by atoms with E-state index in [0.717, 1.165) is 34.9 Å². The minimum atomic E-state index is 0.224. The van der Waals surface area contributed by atoms with Gasteiger partial charge in [-0.25, -0.2) is 4.98 Å². The van der Waals surface area contributed by atoms with Gasteiger partial charge in [0.05, 0.1) is 18.4 Å². The van der Waals surface area contributed by atoms with Crippen LogP contribution in [0.25, 0.3) is 10.6 Å². The molecule has 3 nitrogen and oxygen atoms in total. The number of ether oxygens (including phenoxy) is 1. The SMILES string of the molecule is COc1ccccc1-c1nc(CCC(C)N)cs1. The smallest absolute Gasteiger partial charge is 0.129 e. The van der Waals surface area contributed by atoms with E-state index < -0.39 is 0 Å². The quantitative estimate of drug-likeness (QED) is 0.900. The Morgan fingerprint density at radius 1 is 1.39 bits per heavy atom. The highest BCUT2D eigenvalue weighted by molar-refractivity contribution is 7.13. The van der Waals surface area contributed by atoms with Gasteiger partial charge in [0.2, 0.25) is 0 Å². The van der Waals surface area contributed by atoms with Gasteiger partial charge in [0, 0.05) is 11.4 Å². The molecule has 1 unspecified atom stereocenters. The highest BCUT2D eigenvalue weighted by Gasteiger charge is 2.09. The maximum atomic E-state index is 5.76. The van der Waals surface area contributed by atoms with Crippen LogP contribution in [-0.4, -0.2) is 18.1 Å². The first-order valence-electron chi connectivity index (χ1n) is 6.04. The van der Waals surface area contributed by atoms with Gasteiger partial charge in [-0.3, -0.25) is 0 Å². The topological polar surface area (TPSA) is 48.1 Å². The second-order valence-electron chi connectivity index (χ2n) is 4.36. The highest BCUT2D eigenvalue weighted by atomic mass is 32.1. The van der Waals surface area contributed by atoms with E-state index >= 15 is 0 Å². The average molecular weight is 262 g/mol. The molecule has 2 aromatic rings. The molecule has 1 atom stereocenters. The van der Waals surface area contributed by atoms with Crippen LogP contribution in [0.4, 0.5) is 0 Å². The number of methoxy groups -OCH3 is 1. The zero-order valence-electron chi connectivity index (χ0n) is 10.7. The molecular formula is C14H18N2OS. The third-order valence-electron chi connectivity index (χ3n) is 2.74. The normalized spacial score (nSPS) is 12.4. The van der Waals surface area contributed by atoms with Crippen molar-refractivity contribution in [1.29, 1.82) is 0 Å². The summed E-state index contributed by atoms with van der Waals surface area (Å²) in [5.74, 6) is 0.866. The van der Waals surface area contributed by atoms with Gasteiger partial charge in [0.1, 0.15) is 10.8 Å². The largest absolute Gasteiger partial charge is 0.496 e. The molecule has 0 radical (unpaired) electrons. The second-order valence-corrected chi connectivity index (χ2v) is 5.22. The van der Waals surface area contributed by atoms with E-state index in [-0.39, 0.29) is 6.04 Å². The number of rotatable bonds is 5. The number of benzene rings is 1. The number of thiazole rings is 1. The molecule has 0 aliphatic heterocycles. The van der Waals surface area contributed by atoms with Crippen LogP contribution < -0.4 is 10.5 Å². The van der Waals surface area contributed by atoms with Crippen molar-refractivity contribution in [3.05, 3.63) is 35.3 Å². The van der Waals surface area contributed by atoms with Crippen LogP contribution in [-0.2, 0) is 6.42 Å². The van der Waals surface area contributed by atoms with Crippen molar-refractivity contribution in [3.8, 4) is 16.3 Å². The number of nitrogens with two attached hydrogens (primary N) is 1. The van der Waals surface area contributed by atoms with Crippen LogP contribution in [0.5, 0.6) is 5.75 Å². The Morgan fingerprint density at radius 2 is 2.17 bits per heavy atom. The van der Waals surface area contributed by atoms with Crippen LogP contribution in [0.1, 0.15) is 19.0 Å². The van der Waals surface area contributed by atoms with Gasteiger partial charge in [0.25, 0.3) is 0 Å². The monoisotopic (exact) mass is 262 g/mol. The highest BCUT2D eigenvalue weighted by Crippen LogP contribution is 2.32. The van der Waals surface area contributed by atoms with Crippen molar-refractivity contribution in [2.45, 2.75) is 25.8 Å². The molecule has 0 spiro atoms. The van der Waals surface area contributed by atoms with E-state index in [1.54, 1.807) is 18.4 Å². The average Bonchev–Trinajstić information content (AvgIpc) is 2.85. The summed E-state index contributed by atoms with van der Waals surface area (Å²) in [5, 5.41) is 3.11. The summed E-state index contributed by atoms with van der Waals surface area (Å²) in [4.78, 5) is 4.64. The lowest BCUT2D eigenvalue weighted by Gasteiger charge is -2.04. The van der Waals surface area contributed by atoms with E-state index in [1.807, 2.05) is 31.2 Å². The van der Waals surface area contributed by atoms with Gasteiger partial charge >= 0.3 is 0 Å². The maximum absolute atomic E-state index is 5.76. The van der Waals surface area contributed by atoms with Gasteiger partial charge in [0.15, 0.2) is 0 Å². The van der Waals surface area contributed by atoms with E-state index in [4.69, 9.17) is 10.5 Å². The first-order valence-corrected chi connectivity index (χ1v) is 6.92. The van der Waals surface area contributed by atoms with Crippen molar-refractivity contribution in [2.24, 2.45) is 5.73 Å². The Kier molecular flexibility index (Phi) is 4.33. The van der Waals surface area contributed by atoms with Crippen molar-refractivity contribution >= 4 is 11.3 Å². The van der Waals surface area contributed by atoms with Crippen molar-refractivity contribution < 1.29 is 4.74 Å². The third-order valence-corrected chi connectivity index (χ3v) is 3.67. The Balaban J connectivity index is 2.18. The molecule has 0 aliphatic carbocycles. The standard InChI is InChI=1S/C14H18N2OS/c1-10(15)7-8-11-9-18-14(16-11)12-5-3-4-6-13(12)17-2/h3-6,9-10H,7-8,15H2,1-2H3. The van der Waals surface area contributed by atoms with Gasteiger partial charge in [-0.2, -0.15) is 0 Å².